The van der Waals surface area contributed by atoms with Gasteiger partial charge >= 0.3 is 11.9 Å². The first-order valence-corrected chi connectivity index (χ1v) is 16.2. The summed E-state index contributed by atoms with van der Waals surface area (Å²) >= 11 is 0. The SMILES string of the molecule is CCCCCCC=CCCCCCCCC(=O)OCC(CCOC(=O)[C@@H](N)[C@@H](C)CC)Cn1cnc2c(=O)[nH]c(N)nc21. The molecule has 0 saturated heterocycles. The molecule has 1 unspecified atom stereocenters. The number of aromatic nitrogens is 4. The number of unbranched alkanes of at least 4 members (excludes halogenated alkanes) is 9. The molecule has 0 amide bonds. The highest BCUT2D eigenvalue weighted by molar-refractivity contribution is 5.75. The van der Waals surface area contributed by atoms with E-state index in [1.54, 1.807) is 4.57 Å². The molecule has 0 aliphatic heterocycles. The van der Waals surface area contributed by atoms with Crippen LogP contribution in [0, 0.1) is 11.8 Å². The zero-order valence-corrected chi connectivity index (χ0v) is 26.5. The van der Waals surface area contributed by atoms with Gasteiger partial charge in [-0.3, -0.25) is 19.4 Å². The summed E-state index contributed by atoms with van der Waals surface area (Å²) in [6.07, 6.45) is 20.4. The Kier molecular flexibility index (Phi) is 17.3. The molecule has 0 aliphatic carbocycles. The quantitative estimate of drug-likeness (QED) is 0.0853. The zero-order chi connectivity index (χ0) is 31.5. The summed E-state index contributed by atoms with van der Waals surface area (Å²) in [7, 11) is 0. The summed E-state index contributed by atoms with van der Waals surface area (Å²) < 4.78 is 12.8. The van der Waals surface area contributed by atoms with Gasteiger partial charge in [0, 0.05) is 18.9 Å². The van der Waals surface area contributed by atoms with E-state index in [2.05, 4.69) is 34.0 Å². The van der Waals surface area contributed by atoms with Crippen molar-refractivity contribution < 1.29 is 19.1 Å². The van der Waals surface area contributed by atoms with E-state index in [0.29, 0.717) is 25.0 Å². The van der Waals surface area contributed by atoms with E-state index in [1.807, 2.05) is 13.8 Å². The number of fused-ring (bicyclic) bond motifs is 1. The largest absolute Gasteiger partial charge is 0.465 e. The van der Waals surface area contributed by atoms with E-state index in [-0.39, 0.29) is 42.5 Å². The molecule has 242 valence electrons. The van der Waals surface area contributed by atoms with Crippen LogP contribution in [0.4, 0.5) is 5.95 Å². The zero-order valence-electron chi connectivity index (χ0n) is 26.5. The molecule has 0 saturated carbocycles. The number of esters is 2. The lowest BCUT2D eigenvalue weighted by molar-refractivity contribution is -0.149. The smallest absolute Gasteiger partial charge is 0.323 e. The number of allylic oxidation sites excluding steroid dienone is 2. The van der Waals surface area contributed by atoms with Crippen LogP contribution in [-0.4, -0.2) is 50.7 Å². The predicted octanol–water partition coefficient (Wildman–Crippen LogP) is 5.43. The number of imidazole rings is 1. The number of aromatic amines is 1. The first-order valence-electron chi connectivity index (χ1n) is 16.2. The van der Waals surface area contributed by atoms with E-state index in [4.69, 9.17) is 20.9 Å². The van der Waals surface area contributed by atoms with Crippen molar-refractivity contribution in [2.75, 3.05) is 18.9 Å². The second-order valence-electron chi connectivity index (χ2n) is 11.6. The Morgan fingerprint density at radius 2 is 1.70 bits per heavy atom. The van der Waals surface area contributed by atoms with Gasteiger partial charge < -0.3 is 25.5 Å². The normalized spacial score (nSPS) is 13.8. The number of carbonyl (C=O) groups excluding carboxylic acids is 2. The van der Waals surface area contributed by atoms with Gasteiger partial charge in [-0.2, -0.15) is 4.98 Å². The molecule has 0 aliphatic rings. The van der Waals surface area contributed by atoms with Crippen molar-refractivity contribution in [2.24, 2.45) is 17.6 Å². The Hall–Kier alpha value is -3.21. The van der Waals surface area contributed by atoms with Crippen molar-refractivity contribution in [1.82, 2.24) is 19.5 Å². The lowest BCUT2D eigenvalue weighted by Gasteiger charge is -2.20. The number of ether oxygens (including phenoxy) is 2. The molecule has 0 spiro atoms. The summed E-state index contributed by atoms with van der Waals surface area (Å²) in [5.74, 6) is -0.905. The molecule has 0 aromatic carbocycles. The predicted molar refractivity (Wildman–Crippen MR) is 170 cm³/mol. The molecule has 11 heteroatoms. The van der Waals surface area contributed by atoms with Gasteiger partial charge in [-0.15, -0.1) is 0 Å². The maximum absolute atomic E-state index is 12.5. The maximum atomic E-state index is 12.5. The standard InChI is InChI=1S/C32H54N6O5/c1-4-6-7-8-9-10-11-12-13-14-15-16-17-18-26(39)43-22-25(19-20-42-31(41)27(33)24(3)5-2)21-38-23-35-28-29(38)36-32(34)37-30(28)40/h10-11,23-25,27H,4-9,12-22,33H2,1-3H3,(H3,34,36,37,40)/t24-,25?,27-/m0/s1. The second-order valence-corrected chi connectivity index (χ2v) is 11.6. The van der Waals surface area contributed by atoms with Crippen LogP contribution in [0.15, 0.2) is 23.3 Å². The summed E-state index contributed by atoms with van der Waals surface area (Å²) in [5.41, 5.74) is 11.8. The minimum absolute atomic E-state index is 0.00976. The second kappa shape index (κ2) is 20.7. The fraction of sp³-hybridized carbons (Fsp3) is 0.719. The number of rotatable bonds is 23. The Balaban J connectivity index is 1.78. The maximum Gasteiger partial charge on any atom is 0.323 e. The van der Waals surface area contributed by atoms with Gasteiger partial charge in [-0.05, 0) is 44.4 Å². The highest BCUT2D eigenvalue weighted by atomic mass is 16.5. The summed E-state index contributed by atoms with van der Waals surface area (Å²) in [4.78, 5) is 47.8. The van der Waals surface area contributed by atoms with Crippen molar-refractivity contribution in [3.05, 3.63) is 28.8 Å². The third-order valence-electron chi connectivity index (χ3n) is 7.87. The van der Waals surface area contributed by atoms with E-state index in [1.165, 1.54) is 44.9 Å². The lowest BCUT2D eigenvalue weighted by Crippen LogP contribution is -2.38. The Morgan fingerprint density at radius 1 is 1.02 bits per heavy atom. The fourth-order valence-electron chi connectivity index (χ4n) is 4.79. The lowest BCUT2D eigenvalue weighted by atomic mass is 10.0. The van der Waals surface area contributed by atoms with Crippen molar-refractivity contribution in [1.29, 1.82) is 0 Å². The topological polar surface area (TPSA) is 168 Å². The molecular weight excluding hydrogens is 548 g/mol. The highest BCUT2D eigenvalue weighted by Gasteiger charge is 2.22. The number of carbonyl (C=O) groups is 2. The van der Waals surface area contributed by atoms with Gasteiger partial charge in [0.15, 0.2) is 11.2 Å². The van der Waals surface area contributed by atoms with Crippen LogP contribution in [0.25, 0.3) is 11.2 Å². The molecule has 43 heavy (non-hydrogen) atoms. The number of nitrogens with zero attached hydrogens (tertiary/aromatic N) is 3. The van der Waals surface area contributed by atoms with E-state index in [0.717, 1.165) is 38.5 Å². The van der Waals surface area contributed by atoms with Crippen molar-refractivity contribution in [2.45, 2.75) is 123 Å². The molecule has 5 N–H and O–H groups in total. The third kappa shape index (κ3) is 13.8. The first-order chi connectivity index (χ1) is 20.8. The number of hydrogen-bond acceptors (Lipinski definition) is 9. The van der Waals surface area contributed by atoms with Crippen molar-refractivity contribution >= 4 is 29.1 Å². The van der Waals surface area contributed by atoms with Gasteiger partial charge in [0.25, 0.3) is 5.56 Å². The molecule has 2 rings (SSSR count). The van der Waals surface area contributed by atoms with E-state index < -0.39 is 17.6 Å². The van der Waals surface area contributed by atoms with Crippen LogP contribution in [0.5, 0.6) is 0 Å². The van der Waals surface area contributed by atoms with E-state index >= 15 is 0 Å². The number of hydrogen-bond donors (Lipinski definition) is 3. The number of nitrogens with two attached hydrogens (primary N) is 2. The highest BCUT2D eigenvalue weighted by Crippen LogP contribution is 2.16. The molecule has 2 aromatic rings. The third-order valence-corrected chi connectivity index (χ3v) is 7.87. The average molecular weight is 603 g/mol. The molecular formula is C32H54N6O5. The van der Waals surface area contributed by atoms with Gasteiger partial charge in [-0.1, -0.05) is 77.9 Å². The first kappa shape index (κ1) is 36.0. The molecule has 0 fully saturated rings. The average Bonchev–Trinajstić information content (AvgIpc) is 3.39. The number of nitrogens with one attached hydrogen (secondary N) is 1. The molecule has 2 aromatic heterocycles. The molecule has 11 nitrogen and oxygen atoms in total. The van der Waals surface area contributed by atoms with Crippen LogP contribution in [0.2, 0.25) is 0 Å². The minimum atomic E-state index is -0.686. The van der Waals surface area contributed by atoms with Crippen LogP contribution < -0.4 is 17.0 Å². The number of H-pyrrole nitrogens is 1. The van der Waals surface area contributed by atoms with Crippen molar-refractivity contribution in [3.63, 3.8) is 0 Å². The Bertz CT molecular complexity index is 1180. The summed E-state index contributed by atoms with van der Waals surface area (Å²) in [5, 5.41) is 0. The van der Waals surface area contributed by atoms with Crippen LogP contribution in [-0.2, 0) is 25.6 Å². The van der Waals surface area contributed by atoms with Gasteiger partial charge in [-0.25, -0.2) is 4.98 Å². The fourth-order valence-corrected chi connectivity index (χ4v) is 4.79. The van der Waals surface area contributed by atoms with Gasteiger partial charge in [0.2, 0.25) is 5.95 Å². The summed E-state index contributed by atoms with van der Waals surface area (Å²) in [6.45, 7) is 6.73. The van der Waals surface area contributed by atoms with E-state index in [9.17, 15) is 14.4 Å². The molecule has 3 atom stereocenters. The van der Waals surface area contributed by atoms with Crippen LogP contribution >= 0.6 is 0 Å². The van der Waals surface area contributed by atoms with Crippen molar-refractivity contribution in [3.8, 4) is 0 Å². The monoisotopic (exact) mass is 602 g/mol. The molecule has 0 bridgehead atoms. The number of anilines is 1. The van der Waals surface area contributed by atoms with Crippen LogP contribution in [0.3, 0.4) is 0 Å². The van der Waals surface area contributed by atoms with Crippen LogP contribution in [0.1, 0.15) is 111 Å². The molecule has 2 heterocycles. The minimum Gasteiger partial charge on any atom is -0.465 e. The van der Waals surface area contributed by atoms with Gasteiger partial charge in [0.05, 0.1) is 19.5 Å². The Labute approximate surface area is 256 Å². The summed E-state index contributed by atoms with van der Waals surface area (Å²) in [6, 6.07) is -0.686. The van der Waals surface area contributed by atoms with Gasteiger partial charge in [0.1, 0.15) is 6.04 Å². The Morgan fingerprint density at radius 3 is 2.40 bits per heavy atom. The number of nitrogen functional groups attached to an aromatic ring is 1. The molecule has 0 radical (unpaired) electrons.